The van der Waals surface area contributed by atoms with Crippen molar-refractivity contribution in [1.82, 2.24) is 15.1 Å². The maximum atomic E-state index is 12.5. The van der Waals surface area contributed by atoms with Crippen molar-refractivity contribution in [2.24, 2.45) is 0 Å². The zero-order chi connectivity index (χ0) is 18.0. The fourth-order valence-corrected chi connectivity index (χ4v) is 3.22. The number of nitrogens with one attached hydrogen (secondary N) is 1. The summed E-state index contributed by atoms with van der Waals surface area (Å²) in [6.07, 6.45) is 1.80. The van der Waals surface area contributed by atoms with Crippen molar-refractivity contribution < 1.29 is 19.2 Å². The van der Waals surface area contributed by atoms with Gasteiger partial charge in [0.1, 0.15) is 6.54 Å². The van der Waals surface area contributed by atoms with Crippen molar-refractivity contribution >= 4 is 23.6 Å². The van der Waals surface area contributed by atoms with Gasteiger partial charge in [0.2, 0.25) is 11.8 Å². The molecule has 0 bridgehead atoms. The van der Waals surface area contributed by atoms with Gasteiger partial charge in [-0.25, -0.2) is 0 Å². The molecular weight excluding hydrogens is 322 g/mol. The van der Waals surface area contributed by atoms with Crippen LogP contribution in [0.2, 0.25) is 0 Å². The van der Waals surface area contributed by atoms with Crippen LogP contribution in [0.25, 0.3) is 0 Å². The molecule has 0 aliphatic carbocycles. The molecule has 25 heavy (non-hydrogen) atoms. The molecule has 132 valence electrons. The lowest BCUT2D eigenvalue weighted by Gasteiger charge is -2.33. The van der Waals surface area contributed by atoms with Gasteiger partial charge in [0.25, 0.3) is 11.8 Å². The summed E-state index contributed by atoms with van der Waals surface area (Å²) < 4.78 is 0. The maximum Gasteiger partial charge on any atom is 0.262 e. The quantitative estimate of drug-likeness (QED) is 0.819. The molecule has 1 N–H and O–H groups in total. The van der Waals surface area contributed by atoms with Crippen LogP contribution in [0.1, 0.15) is 46.9 Å². The summed E-state index contributed by atoms with van der Waals surface area (Å²) >= 11 is 0. The minimum atomic E-state index is -0.418. The van der Waals surface area contributed by atoms with Gasteiger partial charge in [-0.2, -0.15) is 0 Å². The Balaban J connectivity index is 1.57. The van der Waals surface area contributed by atoms with Crippen molar-refractivity contribution in [3.8, 4) is 0 Å². The fraction of sp³-hybridized carbons (Fsp3) is 0.444. The van der Waals surface area contributed by atoms with Gasteiger partial charge in [-0.05, 0) is 25.0 Å². The first-order chi connectivity index (χ1) is 12.0. The second-order valence-electron chi connectivity index (χ2n) is 6.32. The molecule has 1 aromatic carbocycles. The van der Waals surface area contributed by atoms with Crippen LogP contribution in [-0.4, -0.2) is 59.1 Å². The molecular formula is C18H21N3O4. The van der Waals surface area contributed by atoms with E-state index in [2.05, 4.69) is 5.32 Å². The molecule has 0 atom stereocenters. The van der Waals surface area contributed by atoms with Gasteiger partial charge in [0.15, 0.2) is 0 Å². The number of rotatable bonds is 4. The van der Waals surface area contributed by atoms with E-state index in [-0.39, 0.29) is 24.4 Å². The number of carbonyl (C=O) groups excluding carboxylic acids is 4. The third-order valence-electron chi connectivity index (χ3n) is 4.71. The number of benzene rings is 1. The molecule has 1 aromatic rings. The summed E-state index contributed by atoms with van der Waals surface area (Å²) in [5, 5.41) is 2.93. The summed E-state index contributed by atoms with van der Waals surface area (Å²) in [6.45, 7) is 2.59. The zero-order valence-electron chi connectivity index (χ0n) is 14.2. The summed E-state index contributed by atoms with van der Waals surface area (Å²) in [6, 6.07) is 6.68. The molecule has 7 heteroatoms. The number of nitrogens with zero attached hydrogens (tertiary/aromatic N) is 2. The summed E-state index contributed by atoms with van der Waals surface area (Å²) in [4.78, 5) is 51.2. The van der Waals surface area contributed by atoms with E-state index in [1.807, 2.05) is 0 Å². The highest BCUT2D eigenvalue weighted by atomic mass is 16.2. The van der Waals surface area contributed by atoms with Gasteiger partial charge < -0.3 is 10.2 Å². The van der Waals surface area contributed by atoms with E-state index in [9.17, 15) is 19.2 Å². The van der Waals surface area contributed by atoms with Crippen LogP contribution in [0.5, 0.6) is 0 Å². The molecule has 1 saturated heterocycles. The molecule has 0 aromatic heterocycles. The van der Waals surface area contributed by atoms with Gasteiger partial charge in [-0.1, -0.05) is 19.1 Å². The topological polar surface area (TPSA) is 86.8 Å². The lowest BCUT2D eigenvalue weighted by atomic mass is 10.0. The number of carbonyl (C=O) groups is 4. The Labute approximate surface area is 146 Å². The first kappa shape index (κ1) is 17.1. The van der Waals surface area contributed by atoms with Gasteiger partial charge in [0, 0.05) is 25.6 Å². The van der Waals surface area contributed by atoms with Gasteiger partial charge >= 0.3 is 0 Å². The molecule has 2 heterocycles. The van der Waals surface area contributed by atoms with Gasteiger partial charge in [0.05, 0.1) is 11.1 Å². The number of fused-ring (bicyclic) bond motifs is 1. The number of likely N-dealkylation sites (tertiary alicyclic amines) is 1. The Hall–Kier alpha value is -2.70. The largest absolute Gasteiger partial charge is 0.353 e. The third-order valence-corrected chi connectivity index (χ3v) is 4.71. The maximum absolute atomic E-state index is 12.5. The Morgan fingerprint density at radius 2 is 1.64 bits per heavy atom. The van der Waals surface area contributed by atoms with Crippen LogP contribution < -0.4 is 5.32 Å². The van der Waals surface area contributed by atoms with Crippen molar-refractivity contribution in [1.29, 1.82) is 0 Å². The highest BCUT2D eigenvalue weighted by molar-refractivity contribution is 6.22. The molecule has 3 rings (SSSR count). The summed E-state index contributed by atoms with van der Waals surface area (Å²) in [5.74, 6) is -1.07. The fourth-order valence-electron chi connectivity index (χ4n) is 3.22. The first-order valence-electron chi connectivity index (χ1n) is 8.53. The lowest BCUT2D eigenvalue weighted by Crippen LogP contribution is -2.49. The Morgan fingerprint density at radius 1 is 1.08 bits per heavy atom. The minimum absolute atomic E-state index is 0.0100. The van der Waals surface area contributed by atoms with Crippen molar-refractivity contribution in [3.63, 3.8) is 0 Å². The molecule has 0 unspecified atom stereocenters. The van der Waals surface area contributed by atoms with Crippen LogP contribution >= 0.6 is 0 Å². The van der Waals surface area contributed by atoms with E-state index < -0.39 is 11.8 Å². The van der Waals surface area contributed by atoms with Crippen molar-refractivity contribution in [3.05, 3.63) is 35.4 Å². The van der Waals surface area contributed by atoms with E-state index in [0.29, 0.717) is 43.5 Å². The van der Waals surface area contributed by atoms with Crippen LogP contribution in [0.4, 0.5) is 0 Å². The number of hydrogen-bond acceptors (Lipinski definition) is 4. The highest BCUT2D eigenvalue weighted by Gasteiger charge is 2.37. The predicted molar refractivity (Wildman–Crippen MR) is 89.8 cm³/mol. The second kappa shape index (κ2) is 7.04. The molecule has 2 aliphatic heterocycles. The Kier molecular flexibility index (Phi) is 4.83. The highest BCUT2D eigenvalue weighted by Crippen LogP contribution is 2.22. The molecule has 1 fully saturated rings. The van der Waals surface area contributed by atoms with E-state index in [1.165, 1.54) is 0 Å². The van der Waals surface area contributed by atoms with Crippen LogP contribution in [0.3, 0.4) is 0 Å². The number of piperidine rings is 1. The number of amides is 4. The Morgan fingerprint density at radius 3 is 2.16 bits per heavy atom. The normalized spacial score (nSPS) is 17.6. The van der Waals surface area contributed by atoms with Gasteiger partial charge in [-0.3, -0.25) is 24.1 Å². The monoisotopic (exact) mass is 343 g/mol. The zero-order valence-corrected chi connectivity index (χ0v) is 14.2. The third kappa shape index (κ3) is 3.40. The van der Waals surface area contributed by atoms with Crippen LogP contribution in [-0.2, 0) is 9.59 Å². The minimum Gasteiger partial charge on any atom is -0.353 e. The SMILES string of the molecule is CCC(=O)NC1CCN(C(=O)CN2C(=O)c3ccccc3C2=O)CC1. The van der Waals surface area contributed by atoms with E-state index in [1.54, 1.807) is 36.1 Å². The molecule has 0 radical (unpaired) electrons. The smallest absolute Gasteiger partial charge is 0.262 e. The number of hydrogen-bond donors (Lipinski definition) is 1. The molecule has 0 saturated carbocycles. The summed E-state index contributed by atoms with van der Waals surface area (Å²) in [5.41, 5.74) is 0.697. The molecule has 0 spiro atoms. The molecule has 4 amide bonds. The second-order valence-corrected chi connectivity index (χ2v) is 6.32. The number of imide groups is 1. The molecule has 7 nitrogen and oxygen atoms in total. The summed E-state index contributed by atoms with van der Waals surface area (Å²) in [7, 11) is 0. The average molecular weight is 343 g/mol. The predicted octanol–water partition coefficient (Wildman–Crippen LogP) is 0.800. The van der Waals surface area contributed by atoms with E-state index in [0.717, 1.165) is 4.90 Å². The van der Waals surface area contributed by atoms with Gasteiger partial charge in [-0.15, -0.1) is 0 Å². The van der Waals surface area contributed by atoms with E-state index >= 15 is 0 Å². The lowest BCUT2D eigenvalue weighted by molar-refractivity contribution is -0.132. The van der Waals surface area contributed by atoms with Crippen LogP contribution in [0, 0.1) is 0 Å². The van der Waals surface area contributed by atoms with E-state index in [4.69, 9.17) is 0 Å². The average Bonchev–Trinajstić information content (AvgIpc) is 2.87. The van der Waals surface area contributed by atoms with Crippen molar-refractivity contribution in [2.45, 2.75) is 32.2 Å². The van der Waals surface area contributed by atoms with Crippen LogP contribution in [0.15, 0.2) is 24.3 Å². The Bertz CT molecular complexity index is 688. The first-order valence-corrected chi connectivity index (χ1v) is 8.53. The van der Waals surface area contributed by atoms with Crippen molar-refractivity contribution in [2.75, 3.05) is 19.6 Å². The molecule has 2 aliphatic rings. The standard InChI is InChI=1S/C18H21N3O4/c1-2-15(22)19-12-7-9-20(10-8-12)16(23)11-21-17(24)13-5-3-4-6-14(13)18(21)25/h3-6,12H,2,7-11H2,1H3,(H,19,22).